The van der Waals surface area contributed by atoms with Crippen molar-refractivity contribution in [1.82, 2.24) is 4.90 Å². The zero-order chi connectivity index (χ0) is 13.0. The molecule has 18 heavy (non-hydrogen) atoms. The number of nitrogens with zero attached hydrogens (tertiary/aromatic N) is 1. The molecule has 1 amide bonds. The Labute approximate surface area is 114 Å². The molecule has 1 unspecified atom stereocenters. The first-order chi connectivity index (χ1) is 8.74. The Kier molecular flexibility index (Phi) is 4.65. The van der Waals surface area contributed by atoms with Crippen LogP contribution in [0.15, 0.2) is 24.3 Å². The summed E-state index contributed by atoms with van der Waals surface area (Å²) in [6, 6.07) is 8.14. The van der Waals surface area contributed by atoms with Crippen molar-refractivity contribution in [2.45, 2.75) is 38.6 Å². The Morgan fingerprint density at radius 1 is 1.39 bits per heavy atom. The van der Waals surface area contributed by atoms with Gasteiger partial charge in [-0.15, -0.1) is 11.6 Å². The second kappa shape index (κ2) is 6.24. The highest BCUT2D eigenvalue weighted by Gasteiger charge is 2.27. The number of aryl methyl sites for hydroxylation is 1. The lowest BCUT2D eigenvalue weighted by Gasteiger charge is -2.36. The van der Waals surface area contributed by atoms with E-state index in [-0.39, 0.29) is 5.91 Å². The molecule has 0 bridgehead atoms. The summed E-state index contributed by atoms with van der Waals surface area (Å²) in [6.07, 6.45) is 4.30. The minimum Gasteiger partial charge on any atom is -0.336 e. The number of carbonyl (C=O) groups excluding carboxylic acids is 1. The Bertz CT molecular complexity index is 417. The molecule has 3 heteroatoms. The van der Waals surface area contributed by atoms with Crippen molar-refractivity contribution in [2.75, 3.05) is 12.4 Å². The van der Waals surface area contributed by atoms with Crippen LogP contribution in [0, 0.1) is 6.92 Å². The predicted molar refractivity (Wildman–Crippen MR) is 75.2 cm³/mol. The fourth-order valence-corrected chi connectivity index (χ4v) is 2.91. The Hall–Kier alpha value is -1.02. The fraction of sp³-hybridized carbons (Fsp3) is 0.533. The Morgan fingerprint density at radius 2 is 2.17 bits per heavy atom. The predicted octanol–water partition coefficient (Wildman–Crippen LogP) is 3.62. The highest BCUT2D eigenvalue weighted by molar-refractivity contribution is 6.17. The normalized spacial score (nSPS) is 19.9. The summed E-state index contributed by atoms with van der Waals surface area (Å²) in [7, 11) is 0. The number of piperidine rings is 1. The summed E-state index contributed by atoms with van der Waals surface area (Å²) in [5.74, 6) is 0.797. The van der Waals surface area contributed by atoms with Crippen molar-refractivity contribution in [2.24, 2.45) is 0 Å². The van der Waals surface area contributed by atoms with Crippen molar-refractivity contribution >= 4 is 17.5 Å². The maximum Gasteiger partial charge on any atom is 0.254 e. The lowest BCUT2D eigenvalue weighted by atomic mass is 9.98. The number of hydrogen-bond acceptors (Lipinski definition) is 1. The van der Waals surface area contributed by atoms with Crippen LogP contribution in [0.5, 0.6) is 0 Å². The van der Waals surface area contributed by atoms with Gasteiger partial charge in [0.05, 0.1) is 0 Å². The largest absolute Gasteiger partial charge is 0.336 e. The quantitative estimate of drug-likeness (QED) is 0.765. The van der Waals surface area contributed by atoms with Gasteiger partial charge in [-0.25, -0.2) is 0 Å². The molecule has 1 aromatic carbocycles. The third-order valence-electron chi connectivity index (χ3n) is 3.71. The first kappa shape index (κ1) is 13.4. The summed E-state index contributed by atoms with van der Waals surface area (Å²) < 4.78 is 0. The summed E-state index contributed by atoms with van der Waals surface area (Å²) in [4.78, 5) is 14.6. The molecule has 0 saturated carbocycles. The second-order valence-electron chi connectivity index (χ2n) is 4.94. The molecule has 1 aliphatic rings. The van der Waals surface area contributed by atoms with Gasteiger partial charge in [-0.1, -0.05) is 18.2 Å². The molecule has 1 aliphatic heterocycles. The van der Waals surface area contributed by atoms with Crippen LogP contribution in [0.3, 0.4) is 0 Å². The van der Waals surface area contributed by atoms with E-state index < -0.39 is 0 Å². The van der Waals surface area contributed by atoms with Gasteiger partial charge in [0.15, 0.2) is 0 Å². The minimum atomic E-state index is 0.169. The van der Waals surface area contributed by atoms with Gasteiger partial charge in [0.2, 0.25) is 0 Å². The van der Waals surface area contributed by atoms with E-state index in [4.69, 9.17) is 11.6 Å². The SMILES string of the molecule is Cc1ccccc1C(=O)N1CCCCC1CCCl. The summed E-state index contributed by atoms with van der Waals surface area (Å²) in [5.41, 5.74) is 1.89. The molecule has 0 N–H and O–H groups in total. The van der Waals surface area contributed by atoms with Crippen molar-refractivity contribution in [1.29, 1.82) is 0 Å². The molecule has 1 fully saturated rings. The average Bonchev–Trinajstić information content (AvgIpc) is 2.40. The molecule has 0 spiro atoms. The topological polar surface area (TPSA) is 20.3 Å². The van der Waals surface area contributed by atoms with E-state index in [1.807, 2.05) is 36.1 Å². The average molecular weight is 266 g/mol. The van der Waals surface area contributed by atoms with E-state index in [9.17, 15) is 4.79 Å². The number of rotatable bonds is 3. The number of likely N-dealkylation sites (tertiary alicyclic amines) is 1. The van der Waals surface area contributed by atoms with Crippen molar-refractivity contribution in [3.8, 4) is 0 Å². The highest BCUT2D eigenvalue weighted by atomic mass is 35.5. The minimum absolute atomic E-state index is 0.169. The maximum absolute atomic E-state index is 12.6. The Balaban J connectivity index is 2.18. The monoisotopic (exact) mass is 265 g/mol. The van der Waals surface area contributed by atoms with Crippen LogP contribution >= 0.6 is 11.6 Å². The van der Waals surface area contributed by atoms with Crippen LogP contribution in [-0.4, -0.2) is 29.3 Å². The van der Waals surface area contributed by atoms with E-state index in [0.29, 0.717) is 11.9 Å². The third kappa shape index (κ3) is 2.86. The van der Waals surface area contributed by atoms with E-state index >= 15 is 0 Å². The van der Waals surface area contributed by atoms with Crippen molar-refractivity contribution in [3.05, 3.63) is 35.4 Å². The zero-order valence-corrected chi connectivity index (χ0v) is 11.6. The number of carbonyl (C=O) groups is 1. The van der Waals surface area contributed by atoms with Crippen LogP contribution in [0.4, 0.5) is 0 Å². The van der Waals surface area contributed by atoms with Crippen LogP contribution in [0.1, 0.15) is 41.6 Å². The molecule has 98 valence electrons. The lowest BCUT2D eigenvalue weighted by Crippen LogP contribution is -2.44. The molecule has 2 rings (SSSR count). The van der Waals surface area contributed by atoms with Crippen molar-refractivity contribution < 1.29 is 4.79 Å². The molecular weight excluding hydrogens is 246 g/mol. The second-order valence-corrected chi connectivity index (χ2v) is 5.32. The van der Waals surface area contributed by atoms with Gasteiger partial charge in [0.1, 0.15) is 0 Å². The molecule has 1 aromatic rings. The molecule has 0 aromatic heterocycles. The van der Waals surface area contributed by atoms with Crippen LogP contribution < -0.4 is 0 Å². The molecule has 0 aliphatic carbocycles. The lowest BCUT2D eigenvalue weighted by molar-refractivity contribution is 0.0608. The highest BCUT2D eigenvalue weighted by Crippen LogP contribution is 2.23. The first-order valence-corrected chi connectivity index (χ1v) is 7.20. The number of alkyl halides is 1. The Morgan fingerprint density at radius 3 is 2.89 bits per heavy atom. The van der Waals surface area contributed by atoms with Gasteiger partial charge in [-0.2, -0.15) is 0 Å². The summed E-state index contributed by atoms with van der Waals surface area (Å²) in [6.45, 7) is 2.86. The third-order valence-corrected chi connectivity index (χ3v) is 3.92. The zero-order valence-electron chi connectivity index (χ0n) is 10.9. The van der Waals surface area contributed by atoms with Crippen LogP contribution in [0.25, 0.3) is 0 Å². The number of halogens is 1. The summed E-state index contributed by atoms with van der Waals surface area (Å²) in [5, 5.41) is 0. The summed E-state index contributed by atoms with van der Waals surface area (Å²) >= 11 is 5.84. The molecule has 2 nitrogen and oxygen atoms in total. The van der Waals surface area contributed by atoms with E-state index in [1.54, 1.807) is 0 Å². The number of amides is 1. The number of benzene rings is 1. The van der Waals surface area contributed by atoms with Crippen LogP contribution in [-0.2, 0) is 0 Å². The molecule has 1 atom stereocenters. The molecular formula is C15H20ClNO. The van der Waals surface area contributed by atoms with Gasteiger partial charge in [0, 0.05) is 24.0 Å². The van der Waals surface area contributed by atoms with Gasteiger partial charge in [-0.05, 0) is 44.2 Å². The standard InChI is InChI=1S/C15H20ClNO/c1-12-6-2-3-8-14(12)15(18)17-11-5-4-7-13(17)9-10-16/h2-3,6,8,13H,4-5,7,9-11H2,1H3. The molecule has 1 saturated heterocycles. The van der Waals surface area contributed by atoms with Gasteiger partial charge >= 0.3 is 0 Å². The van der Waals surface area contributed by atoms with Gasteiger partial charge in [0.25, 0.3) is 5.91 Å². The smallest absolute Gasteiger partial charge is 0.254 e. The molecule has 1 heterocycles. The first-order valence-electron chi connectivity index (χ1n) is 6.66. The molecule has 0 radical (unpaired) electrons. The van der Waals surface area contributed by atoms with Crippen LogP contribution in [0.2, 0.25) is 0 Å². The van der Waals surface area contributed by atoms with Gasteiger partial charge < -0.3 is 4.90 Å². The van der Waals surface area contributed by atoms with E-state index in [0.717, 1.165) is 36.9 Å². The van der Waals surface area contributed by atoms with Crippen molar-refractivity contribution in [3.63, 3.8) is 0 Å². The fourth-order valence-electron chi connectivity index (χ4n) is 2.66. The maximum atomic E-state index is 12.6. The van der Waals surface area contributed by atoms with E-state index in [1.165, 1.54) is 6.42 Å². The van der Waals surface area contributed by atoms with Gasteiger partial charge in [-0.3, -0.25) is 4.79 Å². The van der Waals surface area contributed by atoms with E-state index in [2.05, 4.69) is 0 Å². The number of hydrogen-bond donors (Lipinski definition) is 0.